The Balaban J connectivity index is 1.67. The fraction of sp³-hybridized carbons (Fsp3) is 0.174. The van der Waals surface area contributed by atoms with Crippen molar-refractivity contribution >= 4 is 28.4 Å². The number of ether oxygens (including phenoxy) is 1. The summed E-state index contributed by atoms with van der Waals surface area (Å²) < 4.78 is 4.90. The molecule has 0 aliphatic carbocycles. The molecule has 1 aliphatic heterocycles. The molecule has 0 saturated heterocycles. The normalized spacial score (nSPS) is 16.1. The third-order valence-corrected chi connectivity index (χ3v) is 4.83. The number of nitrogens with zero attached hydrogens (tertiary/aromatic N) is 2. The van der Waals surface area contributed by atoms with Gasteiger partial charge >= 0.3 is 5.97 Å². The molecule has 5 nitrogen and oxygen atoms in total. The van der Waals surface area contributed by atoms with Crippen LogP contribution < -0.4 is 0 Å². The molecule has 0 fully saturated rings. The highest BCUT2D eigenvalue weighted by Gasteiger charge is 2.33. The summed E-state index contributed by atoms with van der Waals surface area (Å²) in [6.45, 7) is 0.975. The SMILES string of the molecule is CC(=O)OCC(=O)N1N=C(c2ccc3ccccc3c2)C[C@H]1c1ccccc1. The van der Waals surface area contributed by atoms with E-state index in [9.17, 15) is 9.59 Å². The lowest BCUT2D eigenvalue weighted by molar-refractivity contribution is -0.151. The van der Waals surface area contributed by atoms with Crippen LogP contribution in [-0.2, 0) is 14.3 Å². The van der Waals surface area contributed by atoms with Crippen LogP contribution in [-0.4, -0.2) is 29.2 Å². The molecule has 5 heteroatoms. The third-order valence-electron chi connectivity index (χ3n) is 4.83. The molecule has 1 amide bonds. The van der Waals surface area contributed by atoms with Crippen LogP contribution in [0, 0.1) is 0 Å². The molecule has 0 saturated carbocycles. The molecule has 3 aromatic carbocycles. The number of amides is 1. The molecule has 3 aromatic rings. The molecule has 0 bridgehead atoms. The second kappa shape index (κ2) is 7.64. The Bertz CT molecular complexity index is 1060. The lowest BCUT2D eigenvalue weighted by Crippen LogP contribution is -2.31. The first-order chi connectivity index (χ1) is 13.6. The van der Waals surface area contributed by atoms with Crippen LogP contribution in [0.2, 0.25) is 0 Å². The Morgan fingerprint density at radius 2 is 1.71 bits per heavy atom. The summed E-state index contributed by atoms with van der Waals surface area (Å²) in [6, 6.07) is 23.9. The molecule has 1 heterocycles. The van der Waals surface area contributed by atoms with E-state index in [0.29, 0.717) is 6.42 Å². The van der Waals surface area contributed by atoms with Crippen molar-refractivity contribution in [1.29, 1.82) is 0 Å². The fourth-order valence-corrected chi connectivity index (χ4v) is 3.45. The molecular weight excluding hydrogens is 352 g/mol. The fourth-order valence-electron chi connectivity index (χ4n) is 3.45. The second-order valence-electron chi connectivity index (χ2n) is 6.76. The minimum atomic E-state index is -0.484. The van der Waals surface area contributed by atoms with Crippen LogP contribution >= 0.6 is 0 Å². The van der Waals surface area contributed by atoms with Gasteiger partial charge in [0.15, 0.2) is 6.61 Å². The zero-order chi connectivity index (χ0) is 19.5. The summed E-state index contributed by atoms with van der Waals surface area (Å²) >= 11 is 0. The predicted octanol–water partition coefficient (Wildman–Crippen LogP) is 4.08. The maximum Gasteiger partial charge on any atom is 0.303 e. The maximum atomic E-state index is 12.7. The molecular formula is C23H20N2O3. The van der Waals surface area contributed by atoms with E-state index < -0.39 is 5.97 Å². The van der Waals surface area contributed by atoms with Crippen LogP contribution in [0.15, 0.2) is 77.9 Å². The van der Waals surface area contributed by atoms with Crippen LogP contribution in [0.4, 0.5) is 0 Å². The van der Waals surface area contributed by atoms with E-state index in [1.807, 2.05) is 48.5 Å². The third kappa shape index (κ3) is 3.64. The van der Waals surface area contributed by atoms with E-state index in [1.165, 1.54) is 11.9 Å². The molecule has 1 aliphatic rings. The minimum Gasteiger partial charge on any atom is -0.456 e. The van der Waals surface area contributed by atoms with Crippen molar-refractivity contribution in [1.82, 2.24) is 5.01 Å². The number of hydrogen-bond donors (Lipinski definition) is 0. The summed E-state index contributed by atoms with van der Waals surface area (Å²) in [5.74, 6) is -0.817. The van der Waals surface area contributed by atoms with Gasteiger partial charge in [0.05, 0.1) is 11.8 Å². The molecule has 0 unspecified atom stereocenters. The van der Waals surface area contributed by atoms with E-state index in [1.54, 1.807) is 0 Å². The van der Waals surface area contributed by atoms with Crippen LogP contribution in [0.25, 0.3) is 10.8 Å². The average Bonchev–Trinajstić information content (AvgIpc) is 3.18. The number of fused-ring (bicyclic) bond motifs is 1. The van der Waals surface area contributed by atoms with Crippen molar-refractivity contribution in [2.45, 2.75) is 19.4 Å². The van der Waals surface area contributed by atoms with Gasteiger partial charge in [-0.05, 0) is 28.0 Å². The monoisotopic (exact) mass is 372 g/mol. The molecule has 28 heavy (non-hydrogen) atoms. The Morgan fingerprint density at radius 3 is 2.46 bits per heavy atom. The van der Waals surface area contributed by atoms with Gasteiger partial charge < -0.3 is 4.74 Å². The summed E-state index contributed by atoms with van der Waals surface area (Å²) in [6.07, 6.45) is 0.605. The van der Waals surface area contributed by atoms with Crippen molar-refractivity contribution in [2.24, 2.45) is 5.10 Å². The van der Waals surface area contributed by atoms with Crippen molar-refractivity contribution < 1.29 is 14.3 Å². The number of hydrazone groups is 1. The topological polar surface area (TPSA) is 59.0 Å². The van der Waals surface area contributed by atoms with Gasteiger partial charge in [-0.2, -0.15) is 5.10 Å². The standard InChI is InChI=1S/C23H20N2O3/c1-16(26)28-15-23(27)25-22(18-8-3-2-4-9-18)14-21(24-25)20-12-11-17-7-5-6-10-19(17)13-20/h2-13,22H,14-15H2,1H3/t22-/m0/s1. The first kappa shape index (κ1) is 17.9. The van der Waals surface area contributed by atoms with Crippen molar-refractivity contribution in [3.63, 3.8) is 0 Å². The van der Waals surface area contributed by atoms with Gasteiger partial charge in [-0.15, -0.1) is 0 Å². The molecule has 4 rings (SSSR count). The zero-order valence-electron chi connectivity index (χ0n) is 15.5. The predicted molar refractivity (Wildman–Crippen MR) is 108 cm³/mol. The number of carbonyl (C=O) groups is 2. The van der Waals surface area contributed by atoms with E-state index in [-0.39, 0.29) is 18.6 Å². The van der Waals surface area contributed by atoms with Crippen LogP contribution in [0.1, 0.15) is 30.5 Å². The largest absolute Gasteiger partial charge is 0.456 e. The zero-order valence-corrected chi connectivity index (χ0v) is 15.5. The number of esters is 1. The second-order valence-corrected chi connectivity index (χ2v) is 6.76. The van der Waals surface area contributed by atoms with E-state index in [4.69, 9.17) is 4.74 Å². The first-order valence-electron chi connectivity index (χ1n) is 9.19. The van der Waals surface area contributed by atoms with Crippen LogP contribution in [0.3, 0.4) is 0 Å². The Kier molecular flexibility index (Phi) is 4.89. The summed E-state index contributed by atoms with van der Waals surface area (Å²) in [7, 11) is 0. The highest BCUT2D eigenvalue weighted by Crippen LogP contribution is 2.33. The highest BCUT2D eigenvalue weighted by molar-refractivity contribution is 6.05. The Morgan fingerprint density at radius 1 is 1.00 bits per heavy atom. The van der Waals surface area contributed by atoms with Crippen molar-refractivity contribution in [3.05, 3.63) is 83.9 Å². The molecule has 1 atom stereocenters. The van der Waals surface area contributed by atoms with Gasteiger partial charge in [-0.25, -0.2) is 5.01 Å². The van der Waals surface area contributed by atoms with Gasteiger partial charge in [0.2, 0.25) is 0 Å². The Labute approximate surface area is 163 Å². The first-order valence-corrected chi connectivity index (χ1v) is 9.19. The van der Waals surface area contributed by atoms with E-state index in [0.717, 1.165) is 27.6 Å². The summed E-state index contributed by atoms with van der Waals surface area (Å²) in [5, 5.41) is 8.35. The van der Waals surface area contributed by atoms with E-state index in [2.05, 4.69) is 29.4 Å². The van der Waals surface area contributed by atoms with Gasteiger partial charge in [0, 0.05) is 13.3 Å². The number of benzene rings is 3. The number of rotatable bonds is 4. The van der Waals surface area contributed by atoms with Crippen molar-refractivity contribution in [3.8, 4) is 0 Å². The number of carbonyl (C=O) groups excluding carboxylic acids is 2. The number of hydrogen-bond acceptors (Lipinski definition) is 4. The lowest BCUT2D eigenvalue weighted by atomic mass is 9.97. The van der Waals surface area contributed by atoms with Gasteiger partial charge in [-0.3, -0.25) is 9.59 Å². The average molecular weight is 372 g/mol. The molecule has 0 aromatic heterocycles. The summed E-state index contributed by atoms with van der Waals surface area (Å²) in [5.41, 5.74) is 2.83. The van der Waals surface area contributed by atoms with Crippen LogP contribution in [0.5, 0.6) is 0 Å². The highest BCUT2D eigenvalue weighted by atomic mass is 16.5. The molecule has 140 valence electrons. The minimum absolute atomic E-state index is 0.217. The van der Waals surface area contributed by atoms with Gasteiger partial charge in [-0.1, -0.05) is 66.7 Å². The maximum absolute atomic E-state index is 12.7. The Hall–Kier alpha value is -3.47. The molecule has 0 radical (unpaired) electrons. The van der Waals surface area contributed by atoms with Gasteiger partial charge in [0.25, 0.3) is 5.91 Å². The van der Waals surface area contributed by atoms with Crippen molar-refractivity contribution in [2.75, 3.05) is 6.61 Å². The molecule has 0 spiro atoms. The quantitative estimate of drug-likeness (QED) is 0.649. The smallest absolute Gasteiger partial charge is 0.303 e. The molecule has 0 N–H and O–H groups in total. The lowest BCUT2D eigenvalue weighted by Gasteiger charge is -2.21. The summed E-state index contributed by atoms with van der Waals surface area (Å²) in [4.78, 5) is 23.8. The van der Waals surface area contributed by atoms with Gasteiger partial charge in [0.1, 0.15) is 0 Å². The van der Waals surface area contributed by atoms with E-state index >= 15 is 0 Å².